The van der Waals surface area contributed by atoms with Crippen LogP contribution in [0.15, 0.2) is 54.6 Å². The zero-order valence-corrected chi connectivity index (χ0v) is 19.3. The fraction of sp³-hybridized carbons (Fsp3) is 0.269. The summed E-state index contributed by atoms with van der Waals surface area (Å²) in [4.78, 5) is 40.0. The Morgan fingerprint density at radius 2 is 1.76 bits per heavy atom. The zero-order valence-electron chi connectivity index (χ0n) is 19.3. The number of ether oxygens (including phenoxy) is 2. The first kappa shape index (κ1) is 21.8. The predicted octanol–water partition coefficient (Wildman–Crippen LogP) is 3.53. The first-order valence-corrected chi connectivity index (χ1v) is 11.1. The molecule has 174 valence electrons. The minimum atomic E-state index is -1.20. The Hall–Kier alpha value is -4.07. The lowest BCUT2D eigenvalue weighted by Gasteiger charge is -2.22. The number of carbonyl (C=O) groups is 3. The number of hydrogen-bond acceptors (Lipinski definition) is 5. The van der Waals surface area contributed by atoms with E-state index in [4.69, 9.17) is 9.47 Å². The van der Waals surface area contributed by atoms with Crippen LogP contribution in [0.2, 0.25) is 0 Å². The van der Waals surface area contributed by atoms with Crippen LogP contribution in [0.25, 0.3) is 0 Å². The van der Waals surface area contributed by atoms with Crippen molar-refractivity contribution in [1.29, 1.82) is 0 Å². The lowest BCUT2D eigenvalue weighted by atomic mass is 9.92. The zero-order chi connectivity index (χ0) is 24.0. The molecule has 2 aliphatic rings. The summed E-state index contributed by atoms with van der Waals surface area (Å²) in [5.41, 5.74) is 2.66. The van der Waals surface area contributed by atoms with Gasteiger partial charge in [0.1, 0.15) is 5.54 Å². The number of fused-ring (bicyclic) bond motifs is 1. The van der Waals surface area contributed by atoms with Crippen molar-refractivity contribution in [2.45, 2.75) is 32.9 Å². The van der Waals surface area contributed by atoms with Crippen LogP contribution in [0.3, 0.4) is 0 Å². The van der Waals surface area contributed by atoms with E-state index in [2.05, 4.69) is 5.32 Å². The summed E-state index contributed by atoms with van der Waals surface area (Å²) in [6.07, 6.45) is 0. The van der Waals surface area contributed by atoms with E-state index in [-0.39, 0.29) is 19.1 Å². The number of ketones is 1. The van der Waals surface area contributed by atoms with Crippen LogP contribution in [-0.4, -0.2) is 40.5 Å². The molecular formula is C26H25N3O5. The first-order valence-electron chi connectivity index (χ1n) is 11.1. The number of nitrogens with one attached hydrogen (secondary N) is 1. The second-order valence-electron chi connectivity index (χ2n) is 8.79. The SMILES string of the molecule is Cc1cc(C(=O)CN2C(=O)NC(C)(c3ccccc3)C2=O)c(C)n1Cc1ccc2c(c1)OCO2. The van der Waals surface area contributed by atoms with Gasteiger partial charge in [0.05, 0.1) is 6.54 Å². The topological polar surface area (TPSA) is 89.9 Å². The summed E-state index contributed by atoms with van der Waals surface area (Å²) in [5, 5.41) is 2.75. The summed E-state index contributed by atoms with van der Waals surface area (Å²) in [6, 6.07) is 16.0. The number of benzene rings is 2. The summed E-state index contributed by atoms with van der Waals surface area (Å²) in [7, 11) is 0. The van der Waals surface area contributed by atoms with Gasteiger partial charge in [0, 0.05) is 23.5 Å². The lowest BCUT2D eigenvalue weighted by molar-refractivity contribution is -0.130. The Morgan fingerprint density at radius 1 is 1.03 bits per heavy atom. The van der Waals surface area contributed by atoms with Gasteiger partial charge in [-0.15, -0.1) is 0 Å². The van der Waals surface area contributed by atoms with Crippen LogP contribution in [0.1, 0.15) is 39.8 Å². The molecule has 3 amide bonds. The van der Waals surface area contributed by atoms with Gasteiger partial charge in [-0.25, -0.2) is 4.79 Å². The molecule has 8 heteroatoms. The fourth-order valence-corrected chi connectivity index (χ4v) is 4.59. The minimum Gasteiger partial charge on any atom is -0.454 e. The number of amides is 3. The Balaban J connectivity index is 1.35. The van der Waals surface area contributed by atoms with Crippen molar-refractivity contribution in [2.75, 3.05) is 13.3 Å². The fourth-order valence-electron chi connectivity index (χ4n) is 4.59. The maximum absolute atomic E-state index is 13.2. The number of hydrogen-bond donors (Lipinski definition) is 1. The molecule has 2 aromatic carbocycles. The highest BCUT2D eigenvalue weighted by Gasteiger charge is 2.49. The Morgan fingerprint density at radius 3 is 2.53 bits per heavy atom. The van der Waals surface area contributed by atoms with E-state index in [1.807, 2.05) is 54.8 Å². The molecule has 1 atom stereocenters. The molecule has 0 bridgehead atoms. The van der Waals surface area contributed by atoms with Crippen LogP contribution in [0.4, 0.5) is 4.79 Å². The third kappa shape index (κ3) is 3.51. The molecule has 5 rings (SSSR count). The van der Waals surface area contributed by atoms with Crippen molar-refractivity contribution in [3.8, 4) is 11.5 Å². The highest BCUT2D eigenvalue weighted by molar-refractivity contribution is 6.11. The molecule has 0 spiro atoms. The van der Waals surface area contributed by atoms with Crippen molar-refractivity contribution in [2.24, 2.45) is 0 Å². The Bertz CT molecular complexity index is 1310. The number of imide groups is 1. The molecular weight excluding hydrogens is 434 g/mol. The molecule has 1 N–H and O–H groups in total. The Labute approximate surface area is 197 Å². The highest BCUT2D eigenvalue weighted by atomic mass is 16.7. The molecule has 0 radical (unpaired) electrons. The van der Waals surface area contributed by atoms with Gasteiger partial charge in [0.25, 0.3) is 5.91 Å². The lowest BCUT2D eigenvalue weighted by Crippen LogP contribution is -2.41. The molecule has 1 aromatic heterocycles. The molecule has 3 heterocycles. The molecule has 8 nitrogen and oxygen atoms in total. The number of Topliss-reactive ketones (excluding diaryl/α,β-unsaturated/α-hetero) is 1. The summed E-state index contributed by atoms with van der Waals surface area (Å²) >= 11 is 0. The first-order chi connectivity index (χ1) is 16.3. The number of carbonyl (C=O) groups excluding carboxylic acids is 3. The van der Waals surface area contributed by atoms with Crippen LogP contribution < -0.4 is 14.8 Å². The van der Waals surface area contributed by atoms with E-state index in [0.717, 1.165) is 27.6 Å². The number of nitrogens with zero attached hydrogens (tertiary/aromatic N) is 2. The third-order valence-corrected chi connectivity index (χ3v) is 6.58. The average molecular weight is 460 g/mol. The molecule has 2 aliphatic heterocycles. The maximum atomic E-state index is 13.2. The van der Waals surface area contributed by atoms with Gasteiger partial charge in [0.15, 0.2) is 17.3 Å². The van der Waals surface area contributed by atoms with Crippen LogP contribution in [0.5, 0.6) is 11.5 Å². The number of aryl methyl sites for hydroxylation is 1. The predicted molar refractivity (Wildman–Crippen MR) is 124 cm³/mol. The second-order valence-corrected chi connectivity index (χ2v) is 8.79. The van der Waals surface area contributed by atoms with Gasteiger partial charge in [-0.3, -0.25) is 14.5 Å². The molecule has 0 saturated carbocycles. The normalized spacial score (nSPS) is 19.0. The highest BCUT2D eigenvalue weighted by Crippen LogP contribution is 2.33. The Kier molecular flexibility index (Phi) is 5.16. The molecule has 1 saturated heterocycles. The largest absolute Gasteiger partial charge is 0.454 e. The number of aromatic nitrogens is 1. The molecule has 0 aliphatic carbocycles. The molecule has 1 unspecified atom stereocenters. The average Bonchev–Trinajstić information content (AvgIpc) is 3.47. The van der Waals surface area contributed by atoms with E-state index >= 15 is 0 Å². The quantitative estimate of drug-likeness (QED) is 0.450. The summed E-state index contributed by atoms with van der Waals surface area (Å²) < 4.78 is 12.9. The third-order valence-electron chi connectivity index (χ3n) is 6.58. The molecule has 1 fully saturated rings. The van der Waals surface area contributed by atoms with Crippen molar-refractivity contribution in [3.05, 3.63) is 82.7 Å². The van der Waals surface area contributed by atoms with Crippen LogP contribution in [0, 0.1) is 13.8 Å². The second kappa shape index (κ2) is 8.06. The van der Waals surface area contributed by atoms with Gasteiger partial charge in [0.2, 0.25) is 6.79 Å². The summed E-state index contributed by atoms with van der Waals surface area (Å²) in [5.74, 6) is 0.699. The van der Waals surface area contributed by atoms with E-state index in [1.165, 1.54) is 0 Å². The molecule has 3 aromatic rings. The van der Waals surface area contributed by atoms with Crippen molar-refractivity contribution >= 4 is 17.7 Å². The van der Waals surface area contributed by atoms with Crippen LogP contribution >= 0.6 is 0 Å². The smallest absolute Gasteiger partial charge is 0.325 e. The summed E-state index contributed by atoms with van der Waals surface area (Å²) in [6.45, 7) is 5.90. The maximum Gasteiger partial charge on any atom is 0.325 e. The van der Waals surface area contributed by atoms with Crippen molar-refractivity contribution in [3.63, 3.8) is 0 Å². The van der Waals surface area contributed by atoms with Gasteiger partial charge >= 0.3 is 6.03 Å². The standard InChI is InChI=1S/C26H25N3O5/c1-16-11-20(17(2)28(16)13-18-9-10-22-23(12-18)34-15-33-22)21(30)14-29-24(31)26(3,27-25(29)32)19-7-5-4-6-8-19/h4-12H,13-15H2,1-3H3,(H,27,32). The van der Waals surface area contributed by atoms with Crippen LogP contribution in [-0.2, 0) is 16.9 Å². The van der Waals surface area contributed by atoms with Crippen molar-refractivity contribution in [1.82, 2.24) is 14.8 Å². The van der Waals surface area contributed by atoms with Gasteiger partial charge in [-0.2, -0.15) is 0 Å². The van der Waals surface area contributed by atoms with E-state index in [1.54, 1.807) is 25.1 Å². The van der Waals surface area contributed by atoms with E-state index in [0.29, 0.717) is 23.4 Å². The number of rotatable bonds is 6. The van der Waals surface area contributed by atoms with E-state index < -0.39 is 17.5 Å². The molecule has 34 heavy (non-hydrogen) atoms. The van der Waals surface area contributed by atoms with E-state index in [9.17, 15) is 14.4 Å². The minimum absolute atomic E-state index is 0.213. The van der Waals surface area contributed by atoms with Crippen molar-refractivity contribution < 1.29 is 23.9 Å². The van der Waals surface area contributed by atoms with Gasteiger partial charge in [-0.05, 0) is 50.1 Å². The number of urea groups is 1. The van der Waals surface area contributed by atoms with Gasteiger partial charge in [-0.1, -0.05) is 36.4 Å². The van der Waals surface area contributed by atoms with Gasteiger partial charge < -0.3 is 19.4 Å². The monoisotopic (exact) mass is 459 g/mol.